The lowest BCUT2D eigenvalue weighted by Crippen LogP contribution is -2.13. The Morgan fingerprint density at radius 3 is 2.44 bits per heavy atom. The second kappa shape index (κ2) is 5.34. The molecule has 88 valence electrons. The molecule has 1 aromatic carbocycles. The Kier molecular flexibility index (Phi) is 4.35. The van der Waals surface area contributed by atoms with E-state index in [9.17, 15) is 0 Å². The van der Waals surface area contributed by atoms with Gasteiger partial charge in [-0.15, -0.1) is 0 Å². The SMILES string of the molecule is C=Cc1cc(CCCC)ccc1C(C)(C)C. The van der Waals surface area contributed by atoms with Crippen molar-refractivity contribution in [3.8, 4) is 0 Å². The van der Waals surface area contributed by atoms with Gasteiger partial charge in [0.25, 0.3) is 0 Å². The van der Waals surface area contributed by atoms with Gasteiger partial charge in [0, 0.05) is 0 Å². The lowest BCUT2D eigenvalue weighted by atomic mass is 9.83. The van der Waals surface area contributed by atoms with Crippen LogP contribution in [-0.4, -0.2) is 0 Å². The summed E-state index contributed by atoms with van der Waals surface area (Å²) in [6, 6.07) is 6.83. The van der Waals surface area contributed by atoms with Gasteiger partial charge in [-0.3, -0.25) is 0 Å². The summed E-state index contributed by atoms with van der Waals surface area (Å²) in [5.41, 5.74) is 4.32. The van der Waals surface area contributed by atoms with Gasteiger partial charge in [0.05, 0.1) is 0 Å². The third-order valence-electron chi connectivity index (χ3n) is 2.96. The molecule has 1 aromatic rings. The summed E-state index contributed by atoms with van der Waals surface area (Å²) in [6.45, 7) is 12.9. The Labute approximate surface area is 100 Å². The predicted molar refractivity (Wildman–Crippen MR) is 73.8 cm³/mol. The number of hydrogen-bond donors (Lipinski definition) is 0. The van der Waals surface area contributed by atoms with E-state index in [0.29, 0.717) is 0 Å². The van der Waals surface area contributed by atoms with Crippen LogP contribution >= 0.6 is 0 Å². The molecule has 0 spiro atoms. The first kappa shape index (κ1) is 13.0. The molecule has 0 amide bonds. The van der Waals surface area contributed by atoms with Crippen molar-refractivity contribution in [3.05, 3.63) is 41.5 Å². The average Bonchev–Trinajstić information content (AvgIpc) is 2.24. The maximum atomic E-state index is 3.93. The van der Waals surface area contributed by atoms with E-state index in [-0.39, 0.29) is 5.41 Å². The van der Waals surface area contributed by atoms with E-state index in [0.717, 1.165) is 0 Å². The molecule has 0 fully saturated rings. The highest BCUT2D eigenvalue weighted by Crippen LogP contribution is 2.27. The van der Waals surface area contributed by atoms with Crippen molar-refractivity contribution < 1.29 is 0 Å². The van der Waals surface area contributed by atoms with Crippen LogP contribution in [0.4, 0.5) is 0 Å². The quantitative estimate of drug-likeness (QED) is 0.666. The van der Waals surface area contributed by atoms with Crippen LogP contribution in [0.5, 0.6) is 0 Å². The van der Waals surface area contributed by atoms with Gasteiger partial charge in [-0.1, -0.05) is 65.0 Å². The van der Waals surface area contributed by atoms with Crippen molar-refractivity contribution in [2.45, 2.75) is 52.4 Å². The van der Waals surface area contributed by atoms with Gasteiger partial charge in [-0.25, -0.2) is 0 Å². The van der Waals surface area contributed by atoms with Crippen LogP contribution < -0.4 is 0 Å². The van der Waals surface area contributed by atoms with E-state index < -0.39 is 0 Å². The Morgan fingerprint density at radius 1 is 1.25 bits per heavy atom. The Balaban J connectivity index is 3.02. The molecule has 0 saturated carbocycles. The Morgan fingerprint density at radius 2 is 1.94 bits per heavy atom. The molecule has 16 heavy (non-hydrogen) atoms. The fraction of sp³-hybridized carbons (Fsp3) is 0.500. The van der Waals surface area contributed by atoms with Crippen molar-refractivity contribution in [1.29, 1.82) is 0 Å². The number of benzene rings is 1. The molecule has 0 unspecified atom stereocenters. The first-order valence-electron chi connectivity index (χ1n) is 6.25. The van der Waals surface area contributed by atoms with Gasteiger partial charge < -0.3 is 0 Å². The Bertz CT molecular complexity index is 353. The third-order valence-corrected chi connectivity index (χ3v) is 2.96. The van der Waals surface area contributed by atoms with Gasteiger partial charge in [0.1, 0.15) is 0 Å². The number of unbranched alkanes of at least 4 members (excludes halogenated alkanes) is 1. The predicted octanol–water partition coefficient (Wildman–Crippen LogP) is 4.97. The van der Waals surface area contributed by atoms with Crippen molar-refractivity contribution in [1.82, 2.24) is 0 Å². The van der Waals surface area contributed by atoms with Gasteiger partial charge in [-0.2, -0.15) is 0 Å². The zero-order valence-electron chi connectivity index (χ0n) is 11.1. The monoisotopic (exact) mass is 216 g/mol. The fourth-order valence-electron chi connectivity index (χ4n) is 2.00. The number of hydrogen-bond acceptors (Lipinski definition) is 0. The lowest BCUT2D eigenvalue weighted by Gasteiger charge is -2.22. The molecule has 0 aromatic heterocycles. The van der Waals surface area contributed by atoms with Crippen LogP contribution in [0.15, 0.2) is 24.8 Å². The van der Waals surface area contributed by atoms with Crippen molar-refractivity contribution in [2.24, 2.45) is 0 Å². The smallest absolute Gasteiger partial charge is 0.0126 e. The molecule has 0 aliphatic heterocycles. The highest BCUT2D eigenvalue weighted by molar-refractivity contribution is 5.55. The molecular formula is C16H24. The van der Waals surface area contributed by atoms with E-state index in [4.69, 9.17) is 0 Å². The standard InChI is InChI=1S/C16H24/c1-6-8-9-13-10-11-15(16(3,4)5)14(7-2)12-13/h7,10-12H,2,6,8-9H2,1,3-5H3. The largest absolute Gasteiger partial charge is 0.0985 e. The molecule has 0 heteroatoms. The first-order chi connectivity index (χ1) is 7.49. The Hall–Kier alpha value is -1.04. The van der Waals surface area contributed by atoms with E-state index in [1.807, 2.05) is 6.08 Å². The number of aryl methyl sites for hydroxylation is 1. The van der Waals surface area contributed by atoms with E-state index in [1.165, 1.54) is 36.0 Å². The van der Waals surface area contributed by atoms with Gasteiger partial charge in [0.2, 0.25) is 0 Å². The van der Waals surface area contributed by atoms with E-state index >= 15 is 0 Å². The van der Waals surface area contributed by atoms with Crippen LogP contribution in [0, 0.1) is 0 Å². The molecule has 0 saturated heterocycles. The van der Waals surface area contributed by atoms with E-state index in [2.05, 4.69) is 52.5 Å². The van der Waals surface area contributed by atoms with Gasteiger partial charge >= 0.3 is 0 Å². The summed E-state index contributed by atoms with van der Waals surface area (Å²) < 4.78 is 0. The molecule has 0 nitrogen and oxygen atoms in total. The van der Waals surface area contributed by atoms with Gasteiger partial charge in [0.15, 0.2) is 0 Å². The summed E-state index contributed by atoms with van der Waals surface area (Å²) in [6.07, 6.45) is 5.69. The van der Waals surface area contributed by atoms with Crippen molar-refractivity contribution in [3.63, 3.8) is 0 Å². The second-order valence-corrected chi connectivity index (χ2v) is 5.48. The molecule has 1 rings (SSSR count). The van der Waals surface area contributed by atoms with Crippen LogP contribution in [-0.2, 0) is 11.8 Å². The average molecular weight is 216 g/mol. The van der Waals surface area contributed by atoms with Crippen LogP contribution in [0.25, 0.3) is 6.08 Å². The maximum absolute atomic E-state index is 3.93. The second-order valence-electron chi connectivity index (χ2n) is 5.48. The van der Waals surface area contributed by atoms with E-state index in [1.54, 1.807) is 0 Å². The normalized spacial score (nSPS) is 11.5. The van der Waals surface area contributed by atoms with Crippen LogP contribution in [0.1, 0.15) is 57.2 Å². The van der Waals surface area contributed by atoms with Crippen LogP contribution in [0.3, 0.4) is 0 Å². The fourth-order valence-corrected chi connectivity index (χ4v) is 2.00. The highest BCUT2D eigenvalue weighted by atomic mass is 14.2. The summed E-state index contributed by atoms with van der Waals surface area (Å²) in [4.78, 5) is 0. The first-order valence-corrected chi connectivity index (χ1v) is 6.25. The lowest BCUT2D eigenvalue weighted by molar-refractivity contribution is 0.588. The van der Waals surface area contributed by atoms with Crippen molar-refractivity contribution in [2.75, 3.05) is 0 Å². The van der Waals surface area contributed by atoms with Crippen LogP contribution in [0.2, 0.25) is 0 Å². The topological polar surface area (TPSA) is 0 Å². The molecule has 0 atom stereocenters. The zero-order valence-corrected chi connectivity index (χ0v) is 11.1. The van der Waals surface area contributed by atoms with Gasteiger partial charge in [-0.05, 0) is 34.9 Å². The summed E-state index contributed by atoms with van der Waals surface area (Å²) in [5, 5.41) is 0. The molecular weight excluding hydrogens is 192 g/mol. The maximum Gasteiger partial charge on any atom is -0.0126 e. The summed E-state index contributed by atoms with van der Waals surface area (Å²) in [7, 11) is 0. The minimum absolute atomic E-state index is 0.201. The summed E-state index contributed by atoms with van der Waals surface area (Å²) >= 11 is 0. The van der Waals surface area contributed by atoms with Crippen molar-refractivity contribution >= 4 is 6.08 Å². The molecule has 0 aliphatic rings. The molecule has 0 aliphatic carbocycles. The number of rotatable bonds is 4. The summed E-state index contributed by atoms with van der Waals surface area (Å²) in [5.74, 6) is 0. The molecule has 0 N–H and O–H groups in total. The minimum Gasteiger partial charge on any atom is -0.0985 e. The highest BCUT2D eigenvalue weighted by Gasteiger charge is 2.16. The molecule has 0 heterocycles. The molecule has 0 radical (unpaired) electrons. The zero-order chi connectivity index (χ0) is 12.2. The molecule has 0 bridgehead atoms. The minimum atomic E-state index is 0.201. The third kappa shape index (κ3) is 3.23.